The van der Waals surface area contributed by atoms with Crippen LogP contribution in [0.25, 0.3) is 10.9 Å². The van der Waals surface area contributed by atoms with E-state index in [0.717, 1.165) is 20.9 Å². The summed E-state index contributed by atoms with van der Waals surface area (Å²) in [6, 6.07) is 5.83. The summed E-state index contributed by atoms with van der Waals surface area (Å²) in [4.78, 5) is 24.7. The summed E-state index contributed by atoms with van der Waals surface area (Å²) in [6.45, 7) is 11.8. The third-order valence-corrected chi connectivity index (χ3v) is 7.40. The number of carbonyl (C=O) groups excluding carboxylic acids is 2. The predicted octanol–water partition coefficient (Wildman–Crippen LogP) is 5.24. The Morgan fingerprint density at radius 1 is 1.30 bits per heavy atom. The van der Waals surface area contributed by atoms with E-state index in [4.69, 9.17) is 9.47 Å². The van der Waals surface area contributed by atoms with Crippen LogP contribution in [0.15, 0.2) is 22.7 Å². The van der Waals surface area contributed by atoms with E-state index < -0.39 is 21.4 Å². The Kier molecular flexibility index (Phi) is 7.20. The standard InChI is InChI=1S/C20H27AsBrNO4/c1-7-26-18(24)16-10-14-8-9-15(22)13(3)17(14)23(16)12(2)11-21-19(25)27-20(4,5)6/h8-10,12,21H,7,11H2,1-6H3/t12-/m1/s1. The van der Waals surface area contributed by atoms with E-state index in [1.54, 1.807) is 6.92 Å². The quantitative estimate of drug-likeness (QED) is 0.402. The van der Waals surface area contributed by atoms with Crippen molar-refractivity contribution in [3.8, 4) is 0 Å². The molecule has 1 aromatic heterocycles. The Bertz CT molecular complexity index is 854. The number of hydrogen-bond donors (Lipinski definition) is 0. The van der Waals surface area contributed by atoms with Crippen molar-refractivity contribution >= 4 is 53.3 Å². The van der Waals surface area contributed by atoms with Gasteiger partial charge >= 0.3 is 176 Å². The van der Waals surface area contributed by atoms with Gasteiger partial charge in [-0.05, 0) is 0 Å². The zero-order chi connectivity index (χ0) is 20.4. The normalized spacial score (nSPS) is 13.3. The van der Waals surface area contributed by atoms with Crippen LogP contribution in [0.1, 0.15) is 56.7 Å². The molecule has 0 saturated carbocycles. The number of esters is 1. The molecule has 1 heterocycles. The molecule has 0 spiro atoms. The molecular formula is C20H27AsBrNO4. The van der Waals surface area contributed by atoms with Gasteiger partial charge in [-0.15, -0.1) is 0 Å². The van der Waals surface area contributed by atoms with Gasteiger partial charge in [0.25, 0.3) is 0 Å². The monoisotopic (exact) mass is 499 g/mol. The van der Waals surface area contributed by atoms with Crippen molar-refractivity contribution in [2.45, 2.75) is 58.4 Å². The molecule has 2 atom stereocenters. The number of nitrogens with zero attached hydrogens (tertiary/aromatic N) is 1. The van der Waals surface area contributed by atoms with Crippen LogP contribution in [-0.2, 0) is 9.47 Å². The molecule has 2 rings (SSSR count). The van der Waals surface area contributed by atoms with Crippen molar-refractivity contribution in [1.82, 2.24) is 4.57 Å². The number of ether oxygens (including phenoxy) is 2. The van der Waals surface area contributed by atoms with Crippen molar-refractivity contribution < 1.29 is 19.1 Å². The first-order valence-corrected chi connectivity index (χ1v) is 12.3. The minimum absolute atomic E-state index is 0.0116. The maximum absolute atomic E-state index is 12.5. The predicted molar refractivity (Wildman–Crippen MR) is 113 cm³/mol. The molecule has 0 fully saturated rings. The number of hydrogen-bond acceptors (Lipinski definition) is 4. The summed E-state index contributed by atoms with van der Waals surface area (Å²) >= 11 is 2.61. The zero-order valence-electron chi connectivity index (χ0n) is 16.7. The SMILES string of the molecule is CCOC(=O)c1cc2ccc(Br)c(C)c2n1[C@H](C)C[AsH]C(=O)OC(C)(C)C. The number of carbonyl (C=O) groups is 2. The van der Waals surface area contributed by atoms with Crippen molar-refractivity contribution in [2.24, 2.45) is 0 Å². The van der Waals surface area contributed by atoms with Gasteiger partial charge in [-0.2, -0.15) is 0 Å². The van der Waals surface area contributed by atoms with Gasteiger partial charge < -0.3 is 0 Å². The van der Waals surface area contributed by atoms with Crippen molar-refractivity contribution in [1.29, 1.82) is 0 Å². The van der Waals surface area contributed by atoms with E-state index in [-0.39, 0.29) is 16.8 Å². The van der Waals surface area contributed by atoms with Gasteiger partial charge in [0, 0.05) is 0 Å². The zero-order valence-corrected chi connectivity index (χ0v) is 20.4. The molecule has 0 aliphatic rings. The third kappa shape index (κ3) is 5.38. The summed E-state index contributed by atoms with van der Waals surface area (Å²) in [5.74, 6) is -0.339. The minimum atomic E-state index is -0.961. The second kappa shape index (κ2) is 8.83. The summed E-state index contributed by atoms with van der Waals surface area (Å²) < 4.78 is 13.6. The van der Waals surface area contributed by atoms with E-state index in [0.29, 0.717) is 17.5 Å². The Labute approximate surface area is 175 Å². The molecule has 0 bridgehead atoms. The Morgan fingerprint density at radius 2 is 1.96 bits per heavy atom. The molecule has 5 nitrogen and oxygen atoms in total. The maximum atomic E-state index is 12.5. The number of fused-ring (bicyclic) bond motifs is 1. The van der Waals surface area contributed by atoms with E-state index >= 15 is 0 Å². The topological polar surface area (TPSA) is 57.5 Å². The molecule has 0 saturated heterocycles. The van der Waals surface area contributed by atoms with Gasteiger partial charge in [0.15, 0.2) is 0 Å². The van der Waals surface area contributed by atoms with Crippen LogP contribution in [0, 0.1) is 6.92 Å². The van der Waals surface area contributed by atoms with Gasteiger partial charge in [-0.1, -0.05) is 0 Å². The van der Waals surface area contributed by atoms with E-state index in [9.17, 15) is 9.59 Å². The molecule has 0 N–H and O–H groups in total. The number of rotatable bonds is 6. The molecule has 0 aliphatic heterocycles. The molecule has 0 aliphatic carbocycles. The Balaban J connectivity index is 2.39. The van der Waals surface area contributed by atoms with Crippen molar-refractivity contribution in [3.05, 3.63) is 33.9 Å². The van der Waals surface area contributed by atoms with Crippen LogP contribution < -0.4 is 0 Å². The molecule has 1 aromatic carbocycles. The second-order valence-electron chi connectivity index (χ2n) is 7.46. The average molecular weight is 500 g/mol. The first kappa shape index (κ1) is 22.0. The van der Waals surface area contributed by atoms with Gasteiger partial charge in [-0.3, -0.25) is 0 Å². The van der Waals surface area contributed by atoms with Crippen LogP contribution in [0.4, 0.5) is 4.79 Å². The molecule has 0 radical (unpaired) electrons. The summed E-state index contributed by atoms with van der Waals surface area (Å²) in [5.41, 5.74) is 2.11. The molecule has 1 unspecified atom stereocenters. The van der Waals surface area contributed by atoms with E-state index in [2.05, 4.69) is 15.9 Å². The van der Waals surface area contributed by atoms with Crippen LogP contribution in [-0.4, -0.2) is 43.3 Å². The van der Waals surface area contributed by atoms with Crippen molar-refractivity contribution in [3.63, 3.8) is 0 Å². The van der Waals surface area contributed by atoms with E-state index in [1.165, 1.54) is 0 Å². The molecular weight excluding hydrogens is 473 g/mol. The van der Waals surface area contributed by atoms with Crippen LogP contribution in [0.5, 0.6) is 0 Å². The summed E-state index contributed by atoms with van der Waals surface area (Å²) in [6.07, 6.45) is 0. The Hall–Kier alpha value is -1.26. The molecule has 0 amide bonds. The molecule has 7 heteroatoms. The number of aryl methyl sites for hydroxylation is 1. The number of aromatic nitrogens is 1. The first-order valence-electron chi connectivity index (χ1n) is 8.99. The van der Waals surface area contributed by atoms with Crippen LogP contribution in [0.2, 0.25) is 5.21 Å². The fraction of sp³-hybridized carbons (Fsp3) is 0.500. The molecule has 27 heavy (non-hydrogen) atoms. The Morgan fingerprint density at radius 3 is 2.56 bits per heavy atom. The first-order chi connectivity index (χ1) is 12.5. The summed E-state index contributed by atoms with van der Waals surface area (Å²) in [7, 11) is 0. The van der Waals surface area contributed by atoms with Crippen LogP contribution >= 0.6 is 15.9 Å². The third-order valence-electron chi connectivity index (χ3n) is 4.05. The fourth-order valence-corrected chi connectivity index (χ4v) is 5.39. The average Bonchev–Trinajstić information content (AvgIpc) is 2.95. The van der Waals surface area contributed by atoms with Gasteiger partial charge in [0.2, 0.25) is 0 Å². The molecule has 2 aromatic rings. The second-order valence-corrected chi connectivity index (χ2v) is 10.8. The van der Waals surface area contributed by atoms with E-state index in [1.807, 2.05) is 57.4 Å². The van der Waals surface area contributed by atoms with Crippen LogP contribution in [0.3, 0.4) is 0 Å². The fourth-order valence-electron chi connectivity index (χ4n) is 2.93. The van der Waals surface area contributed by atoms with Gasteiger partial charge in [-0.25, -0.2) is 0 Å². The van der Waals surface area contributed by atoms with Gasteiger partial charge in [0.1, 0.15) is 0 Å². The summed E-state index contributed by atoms with van der Waals surface area (Å²) in [5, 5.41) is 1.68. The number of halogens is 1. The van der Waals surface area contributed by atoms with Crippen molar-refractivity contribution in [2.75, 3.05) is 6.61 Å². The van der Waals surface area contributed by atoms with Gasteiger partial charge in [0.05, 0.1) is 0 Å². The number of benzene rings is 1. The molecule has 148 valence electrons.